The Morgan fingerprint density at radius 1 is 1.00 bits per heavy atom. The molecule has 0 radical (unpaired) electrons. The van der Waals surface area contributed by atoms with Gasteiger partial charge in [0.1, 0.15) is 5.02 Å². The van der Waals surface area contributed by atoms with Crippen molar-refractivity contribution in [3.8, 4) is 22.4 Å². The summed E-state index contributed by atoms with van der Waals surface area (Å²) < 4.78 is 0. The van der Waals surface area contributed by atoms with Crippen LogP contribution in [0, 0.1) is 13.8 Å². The molecule has 0 unspecified atom stereocenters. The number of benzene rings is 1. The fraction of sp³-hybridized carbons (Fsp3) is 0.111. The Kier molecular flexibility index (Phi) is 4.35. The number of halogens is 2. The van der Waals surface area contributed by atoms with Crippen LogP contribution < -0.4 is 10.9 Å². The zero-order valence-electron chi connectivity index (χ0n) is 13.0. The zero-order valence-corrected chi connectivity index (χ0v) is 14.5. The number of aromatic nitrogens is 2. The molecule has 24 heavy (non-hydrogen) atoms. The maximum atomic E-state index is 12.6. The van der Waals surface area contributed by atoms with Crippen LogP contribution in [0.2, 0.25) is 10.0 Å². The highest BCUT2D eigenvalue weighted by molar-refractivity contribution is 6.31. The lowest BCUT2D eigenvalue weighted by Crippen LogP contribution is -2.16. The van der Waals surface area contributed by atoms with Crippen molar-refractivity contribution in [2.45, 2.75) is 13.8 Å². The SMILES string of the molecule is Cc1[nH]c(C)c(-c2c[nH]c(-c3cccc(Cl)c3)cc2=O)c(=O)c1Cl. The number of aryl methyl sites for hydroxylation is 2. The van der Waals surface area contributed by atoms with Crippen molar-refractivity contribution in [2.24, 2.45) is 0 Å². The van der Waals surface area contributed by atoms with Crippen LogP contribution in [0.15, 0.2) is 46.1 Å². The minimum atomic E-state index is -0.355. The van der Waals surface area contributed by atoms with E-state index in [9.17, 15) is 9.59 Å². The highest BCUT2D eigenvalue weighted by atomic mass is 35.5. The van der Waals surface area contributed by atoms with Crippen molar-refractivity contribution >= 4 is 23.2 Å². The van der Waals surface area contributed by atoms with E-state index in [0.29, 0.717) is 22.1 Å². The van der Waals surface area contributed by atoms with Crippen molar-refractivity contribution in [3.05, 3.63) is 78.4 Å². The number of H-pyrrole nitrogens is 2. The standard InChI is InChI=1S/C18H14Cl2N2O2/c1-9-16(18(24)17(20)10(2)22-9)13-8-21-14(7-15(13)23)11-4-3-5-12(19)6-11/h3-8H,1-2H3,(H,21,23)(H,22,24). The highest BCUT2D eigenvalue weighted by Crippen LogP contribution is 2.23. The van der Waals surface area contributed by atoms with Gasteiger partial charge in [0.15, 0.2) is 5.43 Å². The van der Waals surface area contributed by atoms with Gasteiger partial charge in [-0.15, -0.1) is 0 Å². The second-order valence-electron chi connectivity index (χ2n) is 5.53. The van der Waals surface area contributed by atoms with Crippen LogP contribution in [0.3, 0.4) is 0 Å². The van der Waals surface area contributed by atoms with Crippen LogP contribution in [-0.2, 0) is 0 Å². The molecule has 0 aliphatic carbocycles. The molecule has 0 saturated carbocycles. The first-order chi connectivity index (χ1) is 11.4. The van der Waals surface area contributed by atoms with Gasteiger partial charge in [-0.1, -0.05) is 35.3 Å². The van der Waals surface area contributed by atoms with E-state index in [0.717, 1.165) is 5.56 Å². The molecular weight excluding hydrogens is 347 g/mol. The summed E-state index contributed by atoms with van der Waals surface area (Å²) in [5.74, 6) is 0. The molecule has 0 amide bonds. The van der Waals surface area contributed by atoms with E-state index in [1.165, 1.54) is 12.3 Å². The van der Waals surface area contributed by atoms with E-state index in [1.807, 2.05) is 6.07 Å². The van der Waals surface area contributed by atoms with Crippen LogP contribution in [0.25, 0.3) is 22.4 Å². The van der Waals surface area contributed by atoms with Gasteiger partial charge in [-0.05, 0) is 31.5 Å². The van der Waals surface area contributed by atoms with Gasteiger partial charge in [0.2, 0.25) is 5.43 Å². The number of rotatable bonds is 2. The van der Waals surface area contributed by atoms with Gasteiger partial charge in [0, 0.05) is 34.4 Å². The molecule has 1 aromatic carbocycles. The van der Waals surface area contributed by atoms with Gasteiger partial charge in [-0.3, -0.25) is 9.59 Å². The summed E-state index contributed by atoms with van der Waals surface area (Å²) in [6.07, 6.45) is 1.53. The van der Waals surface area contributed by atoms with Gasteiger partial charge < -0.3 is 9.97 Å². The Morgan fingerprint density at radius 2 is 1.75 bits per heavy atom. The van der Waals surface area contributed by atoms with Crippen LogP contribution in [0.4, 0.5) is 0 Å². The molecular formula is C18H14Cl2N2O2. The fourth-order valence-electron chi connectivity index (χ4n) is 2.66. The lowest BCUT2D eigenvalue weighted by molar-refractivity contribution is 1.11. The van der Waals surface area contributed by atoms with Crippen LogP contribution >= 0.6 is 23.2 Å². The molecule has 3 aromatic rings. The zero-order chi connectivity index (χ0) is 17.4. The van der Waals surface area contributed by atoms with Crippen LogP contribution in [0.1, 0.15) is 11.4 Å². The smallest absolute Gasteiger partial charge is 0.208 e. The minimum absolute atomic E-state index is 0.0916. The molecule has 0 bridgehead atoms. The number of hydrogen-bond acceptors (Lipinski definition) is 2. The molecule has 2 heterocycles. The average molecular weight is 361 g/mol. The van der Waals surface area contributed by atoms with E-state index in [-0.39, 0.29) is 27.0 Å². The number of nitrogens with one attached hydrogen (secondary N) is 2. The van der Waals surface area contributed by atoms with E-state index in [2.05, 4.69) is 9.97 Å². The number of pyridine rings is 2. The lowest BCUT2D eigenvalue weighted by atomic mass is 10.0. The maximum Gasteiger partial charge on any atom is 0.208 e. The van der Waals surface area contributed by atoms with Crippen LogP contribution in [-0.4, -0.2) is 9.97 Å². The van der Waals surface area contributed by atoms with Crippen molar-refractivity contribution in [2.75, 3.05) is 0 Å². The first-order valence-corrected chi connectivity index (χ1v) is 8.02. The van der Waals surface area contributed by atoms with E-state index in [1.54, 1.807) is 32.0 Å². The van der Waals surface area contributed by atoms with Crippen molar-refractivity contribution < 1.29 is 0 Å². The molecule has 6 heteroatoms. The molecule has 3 rings (SSSR count). The minimum Gasteiger partial charge on any atom is -0.361 e. The van der Waals surface area contributed by atoms with Crippen LogP contribution in [0.5, 0.6) is 0 Å². The van der Waals surface area contributed by atoms with E-state index >= 15 is 0 Å². The summed E-state index contributed by atoms with van der Waals surface area (Å²) in [5.41, 5.74) is 2.53. The fourth-order valence-corrected chi connectivity index (χ4v) is 2.99. The molecule has 0 atom stereocenters. The molecule has 2 N–H and O–H groups in total. The van der Waals surface area contributed by atoms with Gasteiger partial charge in [0.05, 0.1) is 11.1 Å². The summed E-state index contributed by atoms with van der Waals surface area (Å²) in [7, 11) is 0. The van der Waals surface area contributed by atoms with Crippen molar-refractivity contribution in [1.29, 1.82) is 0 Å². The monoisotopic (exact) mass is 360 g/mol. The molecule has 2 aromatic heterocycles. The van der Waals surface area contributed by atoms with Crippen molar-refractivity contribution in [3.63, 3.8) is 0 Å². The van der Waals surface area contributed by atoms with E-state index in [4.69, 9.17) is 23.2 Å². The lowest BCUT2D eigenvalue weighted by Gasteiger charge is -2.09. The van der Waals surface area contributed by atoms with Crippen molar-refractivity contribution in [1.82, 2.24) is 9.97 Å². The second-order valence-corrected chi connectivity index (χ2v) is 6.34. The Balaban J connectivity index is 2.18. The first-order valence-electron chi connectivity index (χ1n) is 7.26. The Hall–Kier alpha value is -2.30. The molecule has 0 aliphatic heterocycles. The third kappa shape index (κ3) is 2.90. The van der Waals surface area contributed by atoms with Gasteiger partial charge in [-0.25, -0.2) is 0 Å². The average Bonchev–Trinajstić information content (AvgIpc) is 2.54. The van der Waals surface area contributed by atoms with E-state index < -0.39 is 0 Å². The maximum absolute atomic E-state index is 12.6. The highest BCUT2D eigenvalue weighted by Gasteiger charge is 2.16. The Bertz CT molecular complexity index is 1050. The summed E-state index contributed by atoms with van der Waals surface area (Å²) in [6.45, 7) is 3.46. The third-order valence-electron chi connectivity index (χ3n) is 3.82. The Labute approximate surface area is 148 Å². The molecule has 122 valence electrons. The van der Waals surface area contributed by atoms with Gasteiger partial charge in [0.25, 0.3) is 0 Å². The normalized spacial score (nSPS) is 10.8. The summed E-state index contributed by atoms with van der Waals surface area (Å²) in [5, 5.41) is 0.670. The topological polar surface area (TPSA) is 65.7 Å². The number of hydrogen-bond donors (Lipinski definition) is 2. The molecule has 0 fully saturated rings. The summed E-state index contributed by atoms with van der Waals surface area (Å²) in [4.78, 5) is 31.1. The third-order valence-corrected chi connectivity index (χ3v) is 4.51. The predicted octanol–water partition coefficient (Wildman–Crippen LogP) is 4.32. The number of aromatic amines is 2. The molecule has 0 spiro atoms. The quantitative estimate of drug-likeness (QED) is 0.714. The Morgan fingerprint density at radius 3 is 2.42 bits per heavy atom. The predicted molar refractivity (Wildman–Crippen MR) is 98.0 cm³/mol. The molecule has 4 nitrogen and oxygen atoms in total. The summed E-state index contributed by atoms with van der Waals surface area (Å²) >= 11 is 12.0. The second kappa shape index (κ2) is 6.30. The van der Waals surface area contributed by atoms with Gasteiger partial charge >= 0.3 is 0 Å². The molecule has 0 saturated heterocycles. The summed E-state index contributed by atoms with van der Waals surface area (Å²) in [6, 6.07) is 8.62. The molecule has 0 aliphatic rings. The van der Waals surface area contributed by atoms with Gasteiger partial charge in [-0.2, -0.15) is 0 Å². The first kappa shape index (κ1) is 16.6. The largest absolute Gasteiger partial charge is 0.361 e.